The molecule has 0 spiro atoms. The largest absolute Gasteiger partial charge is 0.570 e. The van der Waals surface area contributed by atoms with Crippen molar-refractivity contribution < 1.29 is 9.68 Å². The molecule has 4 nitrogen and oxygen atoms in total. The Morgan fingerprint density at radius 3 is 1.76 bits per heavy atom. The van der Waals surface area contributed by atoms with E-state index in [2.05, 4.69) is 47.4 Å². The molecule has 0 amide bonds. The molecule has 0 bridgehead atoms. The third kappa shape index (κ3) is 4.54. The Morgan fingerprint density at radius 2 is 1.09 bits per heavy atom. The van der Waals surface area contributed by atoms with Crippen LogP contribution in [0, 0.1) is 0 Å². The molecule has 1 radical (unpaired) electrons. The molecule has 0 aliphatic carbocycles. The van der Waals surface area contributed by atoms with Gasteiger partial charge in [0.05, 0.1) is 5.69 Å². The average Bonchev–Trinajstić information content (AvgIpc) is 2.90. The summed E-state index contributed by atoms with van der Waals surface area (Å²) in [6.45, 7) is 0. The summed E-state index contributed by atoms with van der Waals surface area (Å²) in [5.74, 6) is 0.791. The van der Waals surface area contributed by atoms with Crippen molar-refractivity contribution in [2.24, 2.45) is 0 Å². The SMILES string of the molecule is O[B]Oc1cc(-c2ccccc2-c2ccccc2)nc(-c2ccc(-c3ccccc3)cc2)n1. The molecule has 157 valence electrons. The molecular weight excluding hydrogens is 407 g/mol. The van der Waals surface area contributed by atoms with E-state index in [1.165, 1.54) is 0 Å². The van der Waals surface area contributed by atoms with Gasteiger partial charge >= 0.3 is 7.69 Å². The van der Waals surface area contributed by atoms with Crippen LogP contribution >= 0.6 is 0 Å². The fraction of sp³-hybridized carbons (Fsp3) is 0. The summed E-state index contributed by atoms with van der Waals surface area (Å²) >= 11 is 0. The third-order valence-corrected chi connectivity index (χ3v) is 5.41. The van der Waals surface area contributed by atoms with E-state index in [-0.39, 0.29) is 5.88 Å². The highest BCUT2D eigenvalue weighted by molar-refractivity contribution is 6.17. The summed E-state index contributed by atoms with van der Waals surface area (Å²) < 4.78 is 5.25. The van der Waals surface area contributed by atoms with Crippen LogP contribution in [0.4, 0.5) is 0 Å². The van der Waals surface area contributed by atoms with E-state index in [9.17, 15) is 5.02 Å². The van der Waals surface area contributed by atoms with Crippen LogP contribution in [0.5, 0.6) is 5.88 Å². The molecule has 5 heteroatoms. The van der Waals surface area contributed by atoms with Crippen LogP contribution < -0.4 is 4.65 Å². The van der Waals surface area contributed by atoms with Crippen molar-refractivity contribution >= 4 is 7.69 Å². The fourth-order valence-corrected chi connectivity index (χ4v) is 3.82. The molecule has 0 atom stereocenters. The minimum atomic E-state index is 0.271. The highest BCUT2D eigenvalue weighted by atomic mass is 16.5. The van der Waals surface area contributed by atoms with Gasteiger partial charge in [-0.1, -0.05) is 109 Å². The summed E-state index contributed by atoms with van der Waals surface area (Å²) in [4.78, 5) is 9.36. The summed E-state index contributed by atoms with van der Waals surface area (Å²) in [6.07, 6.45) is 0. The number of benzene rings is 4. The van der Waals surface area contributed by atoms with Crippen LogP contribution in [0.25, 0.3) is 44.9 Å². The summed E-state index contributed by atoms with van der Waals surface area (Å²) in [7, 11) is 0.636. The van der Waals surface area contributed by atoms with Gasteiger partial charge in [-0.2, -0.15) is 4.98 Å². The standard InChI is InChI=1S/C28H20BN2O2/c32-29-33-27-19-26(25-14-8-7-13-24(25)22-11-5-2-6-12-22)30-28(31-27)23-17-15-21(16-18-23)20-9-3-1-4-10-20/h1-19,32H. The maximum absolute atomic E-state index is 9.23. The zero-order valence-electron chi connectivity index (χ0n) is 17.8. The Kier molecular flexibility index (Phi) is 5.96. The normalized spacial score (nSPS) is 10.6. The van der Waals surface area contributed by atoms with Crippen LogP contribution in [0.1, 0.15) is 0 Å². The van der Waals surface area contributed by atoms with E-state index < -0.39 is 0 Å². The van der Waals surface area contributed by atoms with Gasteiger partial charge in [-0.15, -0.1) is 0 Å². The molecule has 5 aromatic rings. The smallest absolute Gasteiger partial charge is 0.523 e. The van der Waals surface area contributed by atoms with Crippen LogP contribution in [0.3, 0.4) is 0 Å². The Balaban J connectivity index is 1.59. The lowest BCUT2D eigenvalue weighted by molar-refractivity contribution is 0.443. The lowest BCUT2D eigenvalue weighted by Crippen LogP contribution is -2.04. The van der Waals surface area contributed by atoms with E-state index in [0.717, 1.165) is 33.4 Å². The summed E-state index contributed by atoms with van der Waals surface area (Å²) in [5, 5.41) is 9.23. The van der Waals surface area contributed by atoms with Crippen LogP contribution in [0.15, 0.2) is 115 Å². The van der Waals surface area contributed by atoms with Gasteiger partial charge in [-0.3, -0.25) is 0 Å². The van der Waals surface area contributed by atoms with E-state index >= 15 is 0 Å². The van der Waals surface area contributed by atoms with Crippen LogP contribution in [0.2, 0.25) is 0 Å². The van der Waals surface area contributed by atoms with Crippen molar-refractivity contribution in [2.75, 3.05) is 0 Å². The maximum atomic E-state index is 9.23. The van der Waals surface area contributed by atoms with E-state index in [4.69, 9.17) is 9.64 Å². The zero-order valence-corrected chi connectivity index (χ0v) is 17.8. The van der Waals surface area contributed by atoms with E-state index in [1.54, 1.807) is 6.07 Å². The highest BCUT2D eigenvalue weighted by Gasteiger charge is 2.14. The first-order valence-corrected chi connectivity index (χ1v) is 10.6. The van der Waals surface area contributed by atoms with Gasteiger partial charge < -0.3 is 9.68 Å². The first-order valence-electron chi connectivity index (χ1n) is 10.6. The van der Waals surface area contributed by atoms with Crippen molar-refractivity contribution in [3.8, 4) is 50.8 Å². The minimum absolute atomic E-state index is 0.271. The molecule has 5 rings (SSSR count). The van der Waals surface area contributed by atoms with Crippen LogP contribution in [-0.4, -0.2) is 22.7 Å². The molecule has 1 aromatic heterocycles. The van der Waals surface area contributed by atoms with E-state index in [1.807, 2.05) is 66.7 Å². The fourth-order valence-electron chi connectivity index (χ4n) is 3.82. The number of aromatic nitrogens is 2. The number of rotatable bonds is 6. The molecular formula is C28H20BN2O2. The lowest BCUT2D eigenvalue weighted by atomic mass is 9.97. The topological polar surface area (TPSA) is 55.2 Å². The predicted octanol–water partition coefficient (Wildman–Crippen LogP) is 6.05. The van der Waals surface area contributed by atoms with Crippen molar-refractivity contribution in [1.82, 2.24) is 9.97 Å². The van der Waals surface area contributed by atoms with Gasteiger partial charge in [0.2, 0.25) is 5.88 Å². The van der Waals surface area contributed by atoms with Gasteiger partial charge in [0.25, 0.3) is 0 Å². The number of hydrogen-bond acceptors (Lipinski definition) is 4. The second kappa shape index (κ2) is 9.51. The van der Waals surface area contributed by atoms with Crippen molar-refractivity contribution in [3.63, 3.8) is 0 Å². The van der Waals surface area contributed by atoms with Gasteiger partial charge in [-0.25, -0.2) is 4.98 Å². The van der Waals surface area contributed by atoms with Crippen molar-refractivity contribution in [2.45, 2.75) is 0 Å². The van der Waals surface area contributed by atoms with Crippen molar-refractivity contribution in [1.29, 1.82) is 0 Å². The molecule has 0 saturated carbocycles. The monoisotopic (exact) mass is 427 g/mol. The van der Waals surface area contributed by atoms with Crippen molar-refractivity contribution in [3.05, 3.63) is 115 Å². The molecule has 0 unspecified atom stereocenters. The van der Waals surface area contributed by atoms with Gasteiger partial charge in [0.1, 0.15) is 0 Å². The Bertz CT molecular complexity index is 1360. The Hall–Kier alpha value is -4.22. The second-order valence-corrected chi connectivity index (χ2v) is 7.49. The minimum Gasteiger partial charge on any atom is -0.523 e. The quantitative estimate of drug-likeness (QED) is 0.335. The highest BCUT2D eigenvalue weighted by Crippen LogP contribution is 2.33. The zero-order chi connectivity index (χ0) is 22.5. The van der Waals surface area contributed by atoms with Gasteiger partial charge in [0.15, 0.2) is 5.82 Å². The molecule has 4 aromatic carbocycles. The molecule has 0 saturated heterocycles. The predicted molar refractivity (Wildman–Crippen MR) is 132 cm³/mol. The van der Waals surface area contributed by atoms with E-state index in [0.29, 0.717) is 19.2 Å². The van der Waals surface area contributed by atoms with Gasteiger partial charge in [0, 0.05) is 17.2 Å². The summed E-state index contributed by atoms with van der Waals surface area (Å²) in [6, 6.07) is 38.3. The maximum Gasteiger partial charge on any atom is 0.570 e. The van der Waals surface area contributed by atoms with Crippen LogP contribution in [-0.2, 0) is 0 Å². The molecule has 0 aliphatic rings. The molecule has 1 heterocycles. The average molecular weight is 427 g/mol. The Morgan fingerprint density at radius 1 is 0.545 bits per heavy atom. The Labute approximate surface area is 193 Å². The first-order chi connectivity index (χ1) is 16.3. The third-order valence-electron chi connectivity index (χ3n) is 5.41. The first kappa shape index (κ1) is 20.7. The molecule has 1 N–H and O–H groups in total. The summed E-state index contributed by atoms with van der Waals surface area (Å²) in [5.41, 5.74) is 6.94. The molecule has 0 fully saturated rings. The molecule has 0 aliphatic heterocycles. The van der Waals surface area contributed by atoms with Gasteiger partial charge in [-0.05, 0) is 22.3 Å². The number of hydrogen-bond donors (Lipinski definition) is 1. The second-order valence-electron chi connectivity index (χ2n) is 7.49. The lowest BCUT2D eigenvalue weighted by Gasteiger charge is -2.12. The molecule has 33 heavy (non-hydrogen) atoms. The number of nitrogens with zero attached hydrogens (tertiary/aromatic N) is 2.